The van der Waals surface area contributed by atoms with Crippen LogP contribution in [0.3, 0.4) is 0 Å². The van der Waals surface area contributed by atoms with Gasteiger partial charge in [-0.1, -0.05) is 39.0 Å². The summed E-state index contributed by atoms with van der Waals surface area (Å²) in [7, 11) is 3.10. The third-order valence-electron chi connectivity index (χ3n) is 3.90. The molecule has 2 unspecified atom stereocenters. The average Bonchev–Trinajstić information content (AvgIpc) is 2.51. The van der Waals surface area contributed by atoms with Gasteiger partial charge < -0.3 is 20.2 Å². The van der Waals surface area contributed by atoms with Gasteiger partial charge in [-0.15, -0.1) is 0 Å². The zero-order valence-corrected chi connectivity index (χ0v) is 14.9. The summed E-state index contributed by atoms with van der Waals surface area (Å²) in [6.45, 7) is 5.81. The monoisotopic (exact) mass is 319 g/mol. The molecule has 0 aliphatic carbocycles. The molecule has 0 bridgehead atoms. The number of carbonyl (C=O) groups is 1. The topological polar surface area (TPSA) is 81.0 Å². The maximum absolute atomic E-state index is 10.7. The van der Waals surface area contributed by atoms with Gasteiger partial charge in [0, 0.05) is 7.11 Å². The molecule has 5 nitrogen and oxygen atoms in total. The SMILES string of the molecule is CCCCCCCCN(C)CCCC(O)C(C)C(=O)O.CO. The third-order valence-corrected chi connectivity index (χ3v) is 3.90. The van der Waals surface area contributed by atoms with Crippen LogP contribution in [-0.2, 0) is 4.79 Å². The molecule has 0 amide bonds. The van der Waals surface area contributed by atoms with Gasteiger partial charge in [-0.2, -0.15) is 0 Å². The van der Waals surface area contributed by atoms with Crippen LogP contribution in [0.5, 0.6) is 0 Å². The number of aliphatic hydroxyl groups excluding tert-OH is 2. The zero-order valence-electron chi connectivity index (χ0n) is 14.9. The molecule has 0 aromatic carbocycles. The van der Waals surface area contributed by atoms with Gasteiger partial charge in [-0.25, -0.2) is 0 Å². The standard InChI is InChI=1S/C16H33NO3.CH4O/c1-4-5-6-7-8-9-12-17(3)13-10-11-15(18)14(2)16(19)20;1-2/h14-15,18H,4-13H2,1-3H3,(H,19,20);2H,1H3. The summed E-state index contributed by atoms with van der Waals surface area (Å²) in [5.74, 6) is -1.59. The molecule has 0 aromatic heterocycles. The largest absolute Gasteiger partial charge is 0.481 e. The number of unbranched alkanes of at least 4 members (excludes halogenated alkanes) is 5. The van der Waals surface area contributed by atoms with Crippen LogP contribution in [0.2, 0.25) is 0 Å². The van der Waals surface area contributed by atoms with E-state index in [4.69, 9.17) is 10.2 Å². The number of carboxylic acids is 1. The molecule has 5 heteroatoms. The second-order valence-electron chi connectivity index (χ2n) is 5.91. The lowest BCUT2D eigenvalue weighted by Gasteiger charge is -2.19. The Morgan fingerprint density at radius 2 is 1.50 bits per heavy atom. The van der Waals surface area contributed by atoms with Crippen molar-refractivity contribution in [3.63, 3.8) is 0 Å². The van der Waals surface area contributed by atoms with E-state index >= 15 is 0 Å². The first-order valence-electron chi connectivity index (χ1n) is 8.53. The van der Waals surface area contributed by atoms with Gasteiger partial charge in [0.15, 0.2) is 0 Å². The quantitative estimate of drug-likeness (QED) is 0.455. The van der Waals surface area contributed by atoms with Crippen LogP contribution in [-0.4, -0.2) is 59.5 Å². The van der Waals surface area contributed by atoms with Crippen molar-refractivity contribution in [2.75, 3.05) is 27.2 Å². The number of carboxylic acid groups (broad SMARTS) is 1. The molecule has 0 spiro atoms. The van der Waals surface area contributed by atoms with Gasteiger partial charge in [-0.3, -0.25) is 4.79 Å². The minimum Gasteiger partial charge on any atom is -0.481 e. The Balaban J connectivity index is 0. The van der Waals surface area contributed by atoms with Crippen LogP contribution in [0.1, 0.15) is 65.2 Å². The van der Waals surface area contributed by atoms with E-state index in [1.807, 2.05) is 0 Å². The van der Waals surface area contributed by atoms with Crippen LogP contribution in [0, 0.1) is 5.92 Å². The fraction of sp³-hybridized carbons (Fsp3) is 0.941. The van der Waals surface area contributed by atoms with Crippen molar-refractivity contribution in [2.45, 2.75) is 71.3 Å². The summed E-state index contributed by atoms with van der Waals surface area (Å²) in [6, 6.07) is 0. The Bertz CT molecular complexity index is 249. The highest BCUT2D eigenvalue weighted by molar-refractivity contribution is 5.70. The molecule has 22 heavy (non-hydrogen) atoms. The molecule has 134 valence electrons. The third kappa shape index (κ3) is 14.3. The first kappa shape index (κ1) is 23.6. The molecule has 0 saturated heterocycles. The second-order valence-corrected chi connectivity index (χ2v) is 5.91. The highest BCUT2D eigenvalue weighted by Gasteiger charge is 2.20. The van der Waals surface area contributed by atoms with Crippen molar-refractivity contribution < 1.29 is 20.1 Å². The van der Waals surface area contributed by atoms with Crippen LogP contribution in [0.15, 0.2) is 0 Å². The zero-order chi connectivity index (χ0) is 17.4. The van der Waals surface area contributed by atoms with Crippen molar-refractivity contribution in [3.05, 3.63) is 0 Å². The van der Waals surface area contributed by atoms with Gasteiger partial charge in [0.25, 0.3) is 0 Å². The van der Waals surface area contributed by atoms with Gasteiger partial charge in [0.1, 0.15) is 0 Å². The molecular formula is C17H37NO4. The summed E-state index contributed by atoms with van der Waals surface area (Å²) in [5, 5.41) is 25.5. The van der Waals surface area contributed by atoms with Crippen molar-refractivity contribution in [1.82, 2.24) is 4.90 Å². The number of hydrogen-bond donors (Lipinski definition) is 3. The molecule has 0 rings (SSSR count). The predicted molar refractivity (Wildman–Crippen MR) is 91.1 cm³/mol. The molecule has 0 radical (unpaired) electrons. The summed E-state index contributed by atoms with van der Waals surface area (Å²) in [4.78, 5) is 13.0. The highest BCUT2D eigenvalue weighted by atomic mass is 16.4. The number of hydrogen-bond acceptors (Lipinski definition) is 4. The summed E-state index contributed by atoms with van der Waals surface area (Å²) in [5.41, 5.74) is 0. The summed E-state index contributed by atoms with van der Waals surface area (Å²) < 4.78 is 0. The Hall–Kier alpha value is -0.650. The number of rotatable bonds is 13. The molecular weight excluding hydrogens is 282 g/mol. The Morgan fingerprint density at radius 1 is 1.00 bits per heavy atom. The summed E-state index contributed by atoms with van der Waals surface area (Å²) in [6.07, 6.45) is 8.52. The van der Waals surface area contributed by atoms with Crippen molar-refractivity contribution in [3.8, 4) is 0 Å². The number of aliphatic carboxylic acids is 1. The molecule has 0 heterocycles. The second kappa shape index (κ2) is 16.7. The van der Waals surface area contributed by atoms with Gasteiger partial charge in [-0.05, 0) is 46.3 Å². The minimum absolute atomic E-state index is 0.564. The lowest BCUT2D eigenvalue weighted by atomic mass is 10.0. The molecule has 0 aromatic rings. The smallest absolute Gasteiger partial charge is 0.308 e. The number of aliphatic hydroxyl groups is 2. The minimum atomic E-state index is -0.919. The molecule has 0 fully saturated rings. The van der Waals surface area contributed by atoms with Crippen LogP contribution >= 0.6 is 0 Å². The Labute approximate surface area is 136 Å². The van der Waals surface area contributed by atoms with E-state index in [1.165, 1.54) is 38.5 Å². The fourth-order valence-electron chi connectivity index (χ4n) is 2.26. The van der Waals surface area contributed by atoms with E-state index in [-0.39, 0.29) is 0 Å². The molecule has 3 N–H and O–H groups in total. The van der Waals surface area contributed by atoms with E-state index in [0.717, 1.165) is 26.6 Å². The maximum atomic E-state index is 10.7. The van der Waals surface area contributed by atoms with Crippen LogP contribution < -0.4 is 0 Å². The Morgan fingerprint density at radius 3 is 2.05 bits per heavy atom. The first-order chi connectivity index (χ1) is 10.5. The Kier molecular flexibility index (Phi) is 17.9. The van der Waals surface area contributed by atoms with Crippen molar-refractivity contribution >= 4 is 5.97 Å². The van der Waals surface area contributed by atoms with Crippen LogP contribution in [0.25, 0.3) is 0 Å². The van der Waals surface area contributed by atoms with Gasteiger partial charge in [0.05, 0.1) is 12.0 Å². The van der Waals surface area contributed by atoms with Crippen molar-refractivity contribution in [1.29, 1.82) is 0 Å². The van der Waals surface area contributed by atoms with E-state index in [1.54, 1.807) is 6.92 Å². The van der Waals surface area contributed by atoms with Crippen LogP contribution in [0.4, 0.5) is 0 Å². The normalized spacial score (nSPS) is 13.4. The van der Waals surface area contributed by atoms with E-state index < -0.39 is 18.0 Å². The number of nitrogens with zero attached hydrogens (tertiary/aromatic N) is 1. The lowest BCUT2D eigenvalue weighted by Crippen LogP contribution is -2.27. The van der Waals surface area contributed by atoms with E-state index in [2.05, 4.69) is 18.9 Å². The lowest BCUT2D eigenvalue weighted by molar-refractivity contribution is -0.144. The molecule has 0 saturated carbocycles. The molecule has 0 aliphatic heterocycles. The van der Waals surface area contributed by atoms with E-state index in [0.29, 0.717) is 6.42 Å². The van der Waals surface area contributed by atoms with Crippen molar-refractivity contribution in [2.24, 2.45) is 5.92 Å². The van der Waals surface area contributed by atoms with Gasteiger partial charge >= 0.3 is 5.97 Å². The highest BCUT2D eigenvalue weighted by Crippen LogP contribution is 2.10. The predicted octanol–water partition coefficient (Wildman–Crippen LogP) is 2.75. The first-order valence-corrected chi connectivity index (χ1v) is 8.53. The average molecular weight is 319 g/mol. The molecule has 0 aliphatic rings. The maximum Gasteiger partial charge on any atom is 0.308 e. The summed E-state index contributed by atoms with van der Waals surface area (Å²) >= 11 is 0. The van der Waals surface area contributed by atoms with Gasteiger partial charge in [0.2, 0.25) is 0 Å². The fourth-order valence-corrected chi connectivity index (χ4v) is 2.26. The van der Waals surface area contributed by atoms with E-state index in [9.17, 15) is 9.90 Å². The molecule has 2 atom stereocenters.